The number of methoxy groups -OCH3 is 1. The number of likely N-dealkylation sites (tertiary alicyclic amines) is 1. The highest BCUT2D eigenvalue weighted by atomic mass is 16.5. The van der Waals surface area contributed by atoms with E-state index < -0.39 is 17.7 Å². The number of nitrogens with zero attached hydrogens (tertiary/aromatic N) is 1. The molecule has 1 aliphatic heterocycles. The Morgan fingerprint density at radius 3 is 2.54 bits per heavy atom. The Hall–Kier alpha value is -4.36. The quantitative estimate of drug-likeness (QED) is 0.201. The molecule has 1 unspecified atom stereocenters. The lowest BCUT2D eigenvalue weighted by atomic mass is 9.94. The number of hydrogen-bond acceptors (Lipinski definition) is 5. The summed E-state index contributed by atoms with van der Waals surface area (Å²) in [5.41, 5.74) is 3.97. The third kappa shape index (κ3) is 4.61. The average molecular weight is 497 g/mol. The third-order valence-corrected chi connectivity index (χ3v) is 6.68. The van der Waals surface area contributed by atoms with E-state index in [2.05, 4.69) is 4.98 Å². The molecule has 0 saturated carbocycles. The maximum absolute atomic E-state index is 13.3. The lowest BCUT2D eigenvalue weighted by Gasteiger charge is -2.24. The molecule has 1 saturated heterocycles. The highest BCUT2D eigenvalue weighted by Gasteiger charge is 2.46. The molecule has 7 heteroatoms. The number of ketones is 1. The Bertz CT molecular complexity index is 1490. The zero-order valence-corrected chi connectivity index (χ0v) is 20.7. The summed E-state index contributed by atoms with van der Waals surface area (Å²) in [5.74, 6) is -0.917. The van der Waals surface area contributed by atoms with Crippen molar-refractivity contribution in [2.75, 3.05) is 20.3 Å². The first-order valence-electron chi connectivity index (χ1n) is 12.1. The van der Waals surface area contributed by atoms with E-state index in [1.165, 1.54) is 4.90 Å². The van der Waals surface area contributed by atoms with Crippen LogP contribution in [0.5, 0.6) is 5.75 Å². The van der Waals surface area contributed by atoms with E-state index in [9.17, 15) is 14.7 Å². The molecule has 37 heavy (non-hydrogen) atoms. The highest BCUT2D eigenvalue weighted by Crippen LogP contribution is 2.42. The van der Waals surface area contributed by atoms with Gasteiger partial charge >= 0.3 is 0 Å². The number of aryl methyl sites for hydroxylation is 1. The van der Waals surface area contributed by atoms with Crippen LogP contribution >= 0.6 is 0 Å². The van der Waals surface area contributed by atoms with Crippen molar-refractivity contribution in [3.8, 4) is 5.75 Å². The van der Waals surface area contributed by atoms with E-state index in [0.29, 0.717) is 17.9 Å². The maximum Gasteiger partial charge on any atom is 0.295 e. The molecule has 7 nitrogen and oxygen atoms in total. The van der Waals surface area contributed by atoms with Crippen LogP contribution in [0.25, 0.3) is 16.7 Å². The van der Waals surface area contributed by atoms with E-state index in [1.54, 1.807) is 31.5 Å². The predicted molar refractivity (Wildman–Crippen MR) is 141 cm³/mol. The van der Waals surface area contributed by atoms with Crippen LogP contribution in [0, 0.1) is 6.92 Å². The number of aliphatic hydroxyl groups is 1. The van der Waals surface area contributed by atoms with Crippen LogP contribution in [-0.4, -0.2) is 46.9 Å². The van der Waals surface area contributed by atoms with Gasteiger partial charge in [0.15, 0.2) is 0 Å². The number of benzene rings is 3. The average Bonchev–Trinajstić information content (AvgIpc) is 3.45. The van der Waals surface area contributed by atoms with Gasteiger partial charge in [-0.2, -0.15) is 0 Å². The molecule has 0 spiro atoms. The minimum atomic E-state index is -0.749. The number of H-pyrrole nitrogens is 1. The van der Waals surface area contributed by atoms with Crippen molar-refractivity contribution in [2.45, 2.75) is 19.6 Å². The Morgan fingerprint density at radius 2 is 1.78 bits per heavy atom. The van der Waals surface area contributed by atoms with Crippen molar-refractivity contribution in [1.82, 2.24) is 9.88 Å². The molecule has 0 bridgehead atoms. The lowest BCUT2D eigenvalue weighted by Crippen LogP contribution is -2.32. The number of Topliss-reactive ketones (excluding diaryl/α,β-unsaturated/α-hetero) is 1. The van der Waals surface area contributed by atoms with Crippen molar-refractivity contribution in [2.24, 2.45) is 0 Å². The van der Waals surface area contributed by atoms with Gasteiger partial charge in [-0.3, -0.25) is 9.59 Å². The van der Waals surface area contributed by atoms with Crippen LogP contribution in [0.15, 0.2) is 84.6 Å². The van der Waals surface area contributed by atoms with Crippen LogP contribution in [0.1, 0.15) is 28.3 Å². The van der Waals surface area contributed by atoms with Crippen molar-refractivity contribution in [3.63, 3.8) is 0 Å². The Balaban J connectivity index is 1.54. The smallest absolute Gasteiger partial charge is 0.295 e. The van der Waals surface area contributed by atoms with Gasteiger partial charge in [-0.1, -0.05) is 48.5 Å². The number of ether oxygens (including phenoxy) is 2. The number of para-hydroxylation sites is 1. The van der Waals surface area contributed by atoms with Crippen LogP contribution in [0.3, 0.4) is 0 Å². The number of carbonyl (C=O) groups is 2. The van der Waals surface area contributed by atoms with E-state index in [4.69, 9.17) is 9.47 Å². The van der Waals surface area contributed by atoms with Gasteiger partial charge in [0.1, 0.15) is 18.1 Å². The van der Waals surface area contributed by atoms with Crippen molar-refractivity contribution >= 4 is 28.4 Å². The lowest BCUT2D eigenvalue weighted by molar-refractivity contribution is -0.140. The van der Waals surface area contributed by atoms with Gasteiger partial charge < -0.3 is 24.5 Å². The first kappa shape index (κ1) is 24.3. The molecule has 1 aliphatic rings. The molecule has 1 amide bonds. The molecule has 1 aromatic heterocycles. The monoisotopic (exact) mass is 496 g/mol. The number of aromatic amines is 1. The zero-order chi connectivity index (χ0) is 25.9. The SMILES string of the molecule is COCCN1C(=O)C(=O)/C(=C(/O)c2ccc(OCc3ccccc3)c(C)c2)C1c1c[nH]c2ccccc12. The summed E-state index contributed by atoms with van der Waals surface area (Å²) in [6.45, 7) is 2.77. The van der Waals surface area contributed by atoms with Gasteiger partial charge in [-0.15, -0.1) is 0 Å². The Morgan fingerprint density at radius 1 is 1.03 bits per heavy atom. The number of hydrogen-bond donors (Lipinski definition) is 2. The van der Waals surface area contributed by atoms with E-state index in [0.717, 1.165) is 27.6 Å². The molecule has 188 valence electrons. The number of fused-ring (bicyclic) bond motifs is 1. The normalized spacial score (nSPS) is 17.0. The summed E-state index contributed by atoms with van der Waals surface area (Å²) in [6, 6.07) is 22.0. The van der Waals surface area contributed by atoms with Gasteiger partial charge in [-0.25, -0.2) is 0 Å². The molecule has 5 rings (SSSR count). The van der Waals surface area contributed by atoms with E-state index >= 15 is 0 Å². The number of carbonyl (C=O) groups excluding carboxylic acids is 2. The minimum absolute atomic E-state index is 0.0585. The number of aliphatic hydroxyl groups excluding tert-OH is 1. The van der Waals surface area contributed by atoms with Crippen LogP contribution in [-0.2, 0) is 20.9 Å². The molecule has 4 aromatic rings. The minimum Gasteiger partial charge on any atom is -0.507 e. The van der Waals surface area contributed by atoms with Gasteiger partial charge in [0, 0.05) is 41.9 Å². The molecule has 0 radical (unpaired) electrons. The summed E-state index contributed by atoms with van der Waals surface area (Å²) in [5, 5.41) is 12.3. The van der Waals surface area contributed by atoms with Gasteiger partial charge in [0.05, 0.1) is 18.2 Å². The fourth-order valence-electron chi connectivity index (χ4n) is 4.79. The largest absolute Gasteiger partial charge is 0.507 e. The van der Waals surface area contributed by atoms with Crippen LogP contribution in [0.4, 0.5) is 0 Å². The second kappa shape index (κ2) is 10.3. The molecular formula is C30H28N2O5. The van der Waals surface area contributed by atoms with Gasteiger partial charge in [-0.05, 0) is 42.3 Å². The number of amides is 1. The van der Waals surface area contributed by atoms with Gasteiger partial charge in [0.25, 0.3) is 11.7 Å². The zero-order valence-electron chi connectivity index (χ0n) is 20.7. The van der Waals surface area contributed by atoms with Crippen LogP contribution in [0.2, 0.25) is 0 Å². The second-order valence-corrected chi connectivity index (χ2v) is 9.03. The van der Waals surface area contributed by atoms with Crippen molar-refractivity contribution in [3.05, 3.63) is 107 Å². The number of rotatable bonds is 8. The molecule has 2 N–H and O–H groups in total. The fraction of sp³-hybridized carbons (Fsp3) is 0.200. The van der Waals surface area contributed by atoms with Crippen molar-refractivity contribution in [1.29, 1.82) is 0 Å². The first-order valence-corrected chi connectivity index (χ1v) is 12.1. The molecule has 3 aromatic carbocycles. The summed E-state index contributed by atoms with van der Waals surface area (Å²) in [6.07, 6.45) is 1.79. The standard InChI is InChI=1S/C30H28N2O5/c1-19-16-21(12-13-25(19)37-18-20-8-4-3-5-9-20)28(33)26-27(32(14-15-36-2)30(35)29(26)34)23-17-31-24-11-7-6-10-22(23)24/h3-13,16-17,27,31,33H,14-15,18H2,1-2H3/b28-26+. The van der Waals surface area contributed by atoms with Crippen LogP contribution < -0.4 is 4.74 Å². The highest BCUT2D eigenvalue weighted by molar-refractivity contribution is 6.46. The van der Waals surface area contributed by atoms with Crippen molar-refractivity contribution < 1.29 is 24.2 Å². The molecule has 0 aliphatic carbocycles. The maximum atomic E-state index is 13.3. The van der Waals surface area contributed by atoms with E-state index in [1.807, 2.05) is 61.5 Å². The topological polar surface area (TPSA) is 91.9 Å². The molecule has 2 heterocycles. The molecular weight excluding hydrogens is 468 g/mol. The Kier molecular flexibility index (Phi) is 6.79. The number of aromatic nitrogens is 1. The second-order valence-electron chi connectivity index (χ2n) is 9.03. The van der Waals surface area contributed by atoms with Gasteiger partial charge in [0.2, 0.25) is 0 Å². The summed E-state index contributed by atoms with van der Waals surface area (Å²) >= 11 is 0. The van der Waals surface area contributed by atoms with E-state index in [-0.39, 0.29) is 24.5 Å². The first-order chi connectivity index (χ1) is 18.0. The summed E-state index contributed by atoms with van der Waals surface area (Å²) in [4.78, 5) is 31.0. The molecule has 1 atom stereocenters. The summed E-state index contributed by atoms with van der Waals surface area (Å²) < 4.78 is 11.2. The predicted octanol–water partition coefficient (Wildman–Crippen LogP) is 5.12. The Labute approximate surface area is 214 Å². The summed E-state index contributed by atoms with van der Waals surface area (Å²) in [7, 11) is 1.54. The molecule has 1 fully saturated rings. The third-order valence-electron chi connectivity index (χ3n) is 6.68. The number of nitrogens with one attached hydrogen (secondary N) is 1. The fourth-order valence-corrected chi connectivity index (χ4v) is 4.79.